The highest BCUT2D eigenvalue weighted by Gasteiger charge is 2.27. The monoisotopic (exact) mass is 439 g/mol. The van der Waals surface area contributed by atoms with E-state index in [1.54, 1.807) is 0 Å². The molecule has 134 valence electrons. The number of nitrogens with one attached hydrogen (secondary N) is 3. The lowest BCUT2D eigenvalue weighted by Gasteiger charge is -2.18. The molecule has 0 aromatic heterocycles. The maximum atomic E-state index is 11.5. The van der Waals surface area contributed by atoms with E-state index in [0.29, 0.717) is 19.1 Å². The van der Waals surface area contributed by atoms with Gasteiger partial charge in [-0.05, 0) is 20.3 Å². The van der Waals surface area contributed by atoms with Gasteiger partial charge in [-0.3, -0.25) is 14.7 Å². The lowest BCUT2D eigenvalue weighted by molar-refractivity contribution is -0.124. The van der Waals surface area contributed by atoms with E-state index in [0.717, 1.165) is 18.9 Å². The predicted molar refractivity (Wildman–Crippen MR) is 103 cm³/mol. The number of unbranched alkanes of at least 4 members (excludes halogenated alkanes) is 2. The Balaban J connectivity index is 0.00000484. The minimum atomic E-state index is -0.328. The van der Waals surface area contributed by atoms with Crippen molar-refractivity contribution < 1.29 is 9.59 Å². The van der Waals surface area contributed by atoms with Crippen molar-refractivity contribution in [3.63, 3.8) is 0 Å². The number of urea groups is 1. The lowest BCUT2D eigenvalue weighted by atomic mass is 10.1. The fourth-order valence-electron chi connectivity index (χ4n) is 2.27. The van der Waals surface area contributed by atoms with E-state index < -0.39 is 0 Å². The van der Waals surface area contributed by atoms with Crippen LogP contribution < -0.4 is 16.0 Å². The molecule has 1 saturated heterocycles. The number of guanidine groups is 1. The van der Waals surface area contributed by atoms with E-state index in [-0.39, 0.29) is 42.5 Å². The van der Waals surface area contributed by atoms with Crippen LogP contribution in [0.3, 0.4) is 0 Å². The van der Waals surface area contributed by atoms with Crippen LogP contribution in [0.25, 0.3) is 0 Å². The quantitative estimate of drug-likeness (QED) is 0.168. The average Bonchev–Trinajstić information content (AvgIpc) is 2.79. The fraction of sp³-hybridized carbons (Fsp3) is 0.800. The highest BCUT2D eigenvalue weighted by molar-refractivity contribution is 14.0. The van der Waals surface area contributed by atoms with Crippen LogP contribution in [0.4, 0.5) is 4.79 Å². The highest BCUT2D eigenvalue weighted by atomic mass is 127. The van der Waals surface area contributed by atoms with Gasteiger partial charge in [0.05, 0.1) is 19.6 Å². The Kier molecular flexibility index (Phi) is 11.8. The molecule has 1 rings (SSSR count). The fourth-order valence-corrected chi connectivity index (χ4v) is 2.27. The molecule has 7 nitrogen and oxygen atoms in total. The van der Waals surface area contributed by atoms with Gasteiger partial charge in [0.2, 0.25) is 5.91 Å². The van der Waals surface area contributed by atoms with Crippen molar-refractivity contribution in [2.75, 3.05) is 26.2 Å². The topological polar surface area (TPSA) is 85.8 Å². The van der Waals surface area contributed by atoms with Crippen LogP contribution >= 0.6 is 24.0 Å². The van der Waals surface area contributed by atoms with E-state index in [1.807, 2.05) is 6.92 Å². The summed E-state index contributed by atoms with van der Waals surface area (Å²) in [5.41, 5.74) is 0. The number of nitrogens with zero attached hydrogens (tertiary/aromatic N) is 2. The van der Waals surface area contributed by atoms with Gasteiger partial charge < -0.3 is 16.0 Å². The van der Waals surface area contributed by atoms with E-state index in [9.17, 15) is 9.59 Å². The van der Waals surface area contributed by atoms with Crippen molar-refractivity contribution in [3.05, 3.63) is 0 Å². The van der Waals surface area contributed by atoms with E-state index in [1.165, 1.54) is 24.2 Å². The number of aliphatic imine (C=N–C) groups is 1. The van der Waals surface area contributed by atoms with Gasteiger partial charge in [-0.1, -0.05) is 26.2 Å². The second-order valence-corrected chi connectivity index (χ2v) is 5.51. The summed E-state index contributed by atoms with van der Waals surface area (Å²) in [6.07, 6.45) is 4.76. The number of hydrogen-bond donors (Lipinski definition) is 3. The first-order valence-corrected chi connectivity index (χ1v) is 8.21. The summed E-state index contributed by atoms with van der Waals surface area (Å²) in [4.78, 5) is 28.5. The summed E-state index contributed by atoms with van der Waals surface area (Å²) in [6.45, 7) is 7.92. The first kappa shape index (κ1) is 21.9. The Morgan fingerprint density at radius 3 is 2.65 bits per heavy atom. The van der Waals surface area contributed by atoms with Crippen LogP contribution in [0, 0.1) is 0 Å². The standard InChI is InChI=1S/C15H29N5O2.HI/c1-4-6-7-8-12(3)19-14(16-5-2)17-9-10-20-13(21)11-18-15(20)22;/h12H,4-11H2,1-3H3,(H,18,22)(H2,16,17,19);1H. The summed E-state index contributed by atoms with van der Waals surface area (Å²) in [7, 11) is 0. The Labute approximate surface area is 156 Å². The molecule has 8 heteroatoms. The third-order valence-electron chi connectivity index (χ3n) is 3.50. The van der Waals surface area contributed by atoms with Gasteiger partial charge in [0.1, 0.15) is 0 Å². The first-order valence-electron chi connectivity index (χ1n) is 8.21. The second kappa shape index (κ2) is 12.4. The molecule has 1 atom stereocenters. The Morgan fingerprint density at radius 2 is 2.09 bits per heavy atom. The van der Waals surface area contributed by atoms with Crippen LogP contribution in [0.2, 0.25) is 0 Å². The van der Waals surface area contributed by atoms with Crippen molar-refractivity contribution in [2.24, 2.45) is 4.99 Å². The largest absolute Gasteiger partial charge is 0.357 e. The molecule has 1 aliphatic rings. The van der Waals surface area contributed by atoms with Crippen LogP contribution in [0.15, 0.2) is 4.99 Å². The molecule has 0 aliphatic carbocycles. The van der Waals surface area contributed by atoms with Crippen molar-refractivity contribution in [3.8, 4) is 0 Å². The zero-order valence-electron chi connectivity index (χ0n) is 14.4. The van der Waals surface area contributed by atoms with Crippen molar-refractivity contribution in [1.82, 2.24) is 20.9 Å². The number of carbonyl (C=O) groups excluding carboxylic acids is 2. The Morgan fingerprint density at radius 1 is 1.35 bits per heavy atom. The molecule has 0 radical (unpaired) electrons. The molecule has 0 aromatic carbocycles. The minimum absolute atomic E-state index is 0. The third-order valence-corrected chi connectivity index (χ3v) is 3.50. The van der Waals surface area contributed by atoms with Gasteiger partial charge in [-0.25, -0.2) is 4.79 Å². The van der Waals surface area contributed by atoms with Gasteiger partial charge in [0.25, 0.3) is 0 Å². The summed E-state index contributed by atoms with van der Waals surface area (Å²) >= 11 is 0. The Hall–Kier alpha value is -1.06. The highest BCUT2D eigenvalue weighted by Crippen LogP contribution is 2.03. The normalized spacial score (nSPS) is 16.0. The minimum Gasteiger partial charge on any atom is -0.357 e. The molecule has 0 bridgehead atoms. The molecule has 0 aromatic rings. The molecule has 23 heavy (non-hydrogen) atoms. The van der Waals surface area contributed by atoms with Gasteiger partial charge in [0.15, 0.2) is 5.96 Å². The molecular weight excluding hydrogens is 409 g/mol. The molecule has 0 spiro atoms. The molecular formula is C15H30IN5O2. The molecule has 1 unspecified atom stereocenters. The SMILES string of the molecule is CCCCCC(C)NC(=NCCN1C(=O)CNC1=O)NCC.I. The summed E-state index contributed by atoms with van der Waals surface area (Å²) < 4.78 is 0. The maximum Gasteiger partial charge on any atom is 0.324 e. The second-order valence-electron chi connectivity index (χ2n) is 5.51. The Bertz CT molecular complexity index is 387. The number of imide groups is 1. The van der Waals surface area contributed by atoms with Crippen molar-refractivity contribution >= 4 is 41.9 Å². The molecule has 3 amide bonds. The van der Waals surface area contributed by atoms with Gasteiger partial charge in [-0.15, -0.1) is 24.0 Å². The molecule has 3 N–H and O–H groups in total. The third kappa shape index (κ3) is 8.38. The van der Waals surface area contributed by atoms with Gasteiger partial charge in [-0.2, -0.15) is 0 Å². The number of carbonyl (C=O) groups is 2. The van der Waals surface area contributed by atoms with E-state index in [4.69, 9.17) is 0 Å². The zero-order valence-corrected chi connectivity index (χ0v) is 16.7. The van der Waals surface area contributed by atoms with Crippen LogP contribution in [-0.2, 0) is 4.79 Å². The predicted octanol–water partition coefficient (Wildman–Crippen LogP) is 1.68. The molecule has 1 heterocycles. The zero-order chi connectivity index (χ0) is 16.4. The van der Waals surface area contributed by atoms with E-state index >= 15 is 0 Å². The number of rotatable bonds is 9. The molecule has 1 aliphatic heterocycles. The van der Waals surface area contributed by atoms with Gasteiger partial charge in [0, 0.05) is 12.6 Å². The maximum absolute atomic E-state index is 11.5. The van der Waals surface area contributed by atoms with Gasteiger partial charge >= 0.3 is 6.03 Å². The smallest absolute Gasteiger partial charge is 0.324 e. The number of halogens is 1. The van der Waals surface area contributed by atoms with Crippen LogP contribution in [-0.4, -0.2) is 55.0 Å². The van der Waals surface area contributed by atoms with Crippen molar-refractivity contribution in [2.45, 2.75) is 52.5 Å². The summed E-state index contributed by atoms with van der Waals surface area (Å²) in [5.74, 6) is 0.546. The van der Waals surface area contributed by atoms with Crippen LogP contribution in [0.1, 0.15) is 46.5 Å². The van der Waals surface area contributed by atoms with E-state index in [2.05, 4.69) is 34.8 Å². The number of hydrogen-bond acceptors (Lipinski definition) is 3. The first-order chi connectivity index (χ1) is 10.6. The lowest BCUT2D eigenvalue weighted by Crippen LogP contribution is -2.43. The summed E-state index contributed by atoms with van der Waals surface area (Å²) in [5, 5.41) is 9.05. The average molecular weight is 439 g/mol. The van der Waals surface area contributed by atoms with Crippen molar-refractivity contribution in [1.29, 1.82) is 0 Å². The number of amides is 3. The van der Waals surface area contributed by atoms with Crippen LogP contribution in [0.5, 0.6) is 0 Å². The molecule has 0 saturated carbocycles. The summed E-state index contributed by atoms with van der Waals surface area (Å²) in [6, 6.07) is 0.0205. The molecule has 1 fully saturated rings.